The molecular weight excluding hydrogens is 262 g/mol. The molecule has 3 nitrogen and oxygen atoms in total. The van der Waals surface area contributed by atoms with Crippen LogP contribution in [0.15, 0.2) is 30.3 Å². The molecule has 0 aliphatic heterocycles. The van der Waals surface area contributed by atoms with Crippen LogP contribution in [0.1, 0.15) is 51.0 Å². The average Bonchev–Trinajstić information content (AvgIpc) is 2.48. The standard InChI is InChI=1S/C18H27NO2/c1-13(2)17(18(20)21)19-12-14-8-10-16(11-9-14)15-6-4-3-5-7-15/h3-7,13-14,16-17,19H,8-12H2,1-2H3,(H,20,21)/t14?,16?,17-/m1/s1. The number of carboxylic acids is 1. The van der Waals surface area contributed by atoms with Crippen molar-refractivity contribution >= 4 is 5.97 Å². The third kappa shape index (κ3) is 4.57. The van der Waals surface area contributed by atoms with Crippen LogP contribution < -0.4 is 5.32 Å². The van der Waals surface area contributed by atoms with Gasteiger partial charge in [-0.25, -0.2) is 0 Å². The van der Waals surface area contributed by atoms with Crippen molar-refractivity contribution in [1.29, 1.82) is 0 Å². The van der Waals surface area contributed by atoms with Gasteiger partial charge < -0.3 is 10.4 Å². The third-order valence-corrected chi connectivity index (χ3v) is 4.68. The SMILES string of the molecule is CC(C)[C@@H](NCC1CCC(c2ccccc2)CC1)C(=O)O. The first-order valence-electron chi connectivity index (χ1n) is 8.09. The van der Waals surface area contributed by atoms with Crippen molar-refractivity contribution in [3.63, 3.8) is 0 Å². The van der Waals surface area contributed by atoms with Gasteiger partial charge in [0.15, 0.2) is 0 Å². The first kappa shape index (κ1) is 16.0. The molecule has 0 saturated heterocycles. The number of carbonyl (C=O) groups is 1. The molecule has 3 heteroatoms. The quantitative estimate of drug-likeness (QED) is 0.840. The Morgan fingerprint density at radius 1 is 1.19 bits per heavy atom. The molecule has 1 aromatic rings. The van der Waals surface area contributed by atoms with Gasteiger partial charge >= 0.3 is 5.97 Å². The van der Waals surface area contributed by atoms with Crippen LogP contribution in [0.5, 0.6) is 0 Å². The van der Waals surface area contributed by atoms with Gasteiger partial charge in [0.25, 0.3) is 0 Å². The van der Waals surface area contributed by atoms with E-state index in [1.54, 1.807) is 0 Å². The van der Waals surface area contributed by atoms with Crippen LogP contribution in [0.2, 0.25) is 0 Å². The minimum Gasteiger partial charge on any atom is -0.480 e. The zero-order valence-corrected chi connectivity index (χ0v) is 13.1. The van der Waals surface area contributed by atoms with E-state index in [9.17, 15) is 9.90 Å². The fourth-order valence-corrected chi connectivity index (χ4v) is 3.33. The van der Waals surface area contributed by atoms with Gasteiger partial charge in [-0.1, -0.05) is 44.2 Å². The zero-order valence-electron chi connectivity index (χ0n) is 13.1. The van der Waals surface area contributed by atoms with E-state index in [4.69, 9.17) is 0 Å². The lowest BCUT2D eigenvalue weighted by Crippen LogP contribution is -2.43. The molecule has 0 amide bonds. The molecule has 1 aromatic carbocycles. The van der Waals surface area contributed by atoms with Crippen LogP contribution in [0, 0.1) is 11.8 Å². The number of hydrogen-bond donors (Lipinski definition) is 2. The molecule has 1 aliphatic rings. The van der Waals surface area contributed by atoms with Gasteiger partial charge in [-0.05, 0) is 55.5 Å². The highest BCUT2D eigenvalue weighted by Crippen LogP contribution is 2.35. The van der Waals surface area contributed by atoms with Gasteiger partial charge in [0, 0.05) is 0 Å². The van der Waals surface area contributed by atoms with E-state index in [0.717, 1.165) is 6.54 Å². The first-order valence-corrected chi connectivity index (χ1v) is 8.09. The largest absolute Gasteiger partial charge is 0.480 e. The number of nitrogens with one attached hydrogen (secondary N) is 1. The molecule has 0 spiro atoms. The molecule has 2 rings (SSSR count). The van der Waals surface area contributed by atoms with Gasteiger partial charge in [0.05, 0.1) is 0 Å². The van der Waals surface area contributed by atoms with Crippen molar-refractivity contribution in [1.82, 2.24) is 5.32 Å². The van der Waals surface area contributed by atoms with Crippen molar-refractivity contribution in [2.75, 3.05) is 6.54 Å². The zero-order chi connectivity index (χ0) is 15.2. The third-order valence-electron chi connectivity index (χ3n) is 4.68. The number of aliphatic carboxylic acids is 1. The lowest BCUT2D eigenvalue weighted by Gasteiger charge is -2.30. The molecule has 116 valence electrons. The molecule has 0 aromatic heterocycles. The fraction of sp³-hybridized carbons (Fsp3) is 0.611. The normalized spacial score (nSPS) is 24.0. The second-order valence-corrected chi connectivity index (χ2v) is 6.60. The molecule has 0 unspecified atom stereocenters. The lowest BCUT2D eigenvalue weighted by atomic mass is 9.78. The molecule has 1 saturated carbocycles. The van der Waals surface area contributed by atoms with Crippen molar-refractivity contribution in [2.45, 2.75) is 51.5 Å². The topological polar surface area (TPSA) is 49.3 Å². The summed E-state index contributed by atoms with van der Waals surface area (Å²) < 4.78 is 0. The molecule has 1 fully saturated rings. The van der Waals surface area contributed by atoms with E-state index in [0.29, 0.717) is 11.8 Å². The fourth-order valence-electron chi connectivity index (χ4n) is 3.33. The lowest BCUT2D eigenvalue weighted by molar-refractivity contribution is -0.140. The van der Waals surface area contributed by atoms with Crippen LogP contribution in [-0.2, 0) is 4.79 Å². The van der Waals surface area contributed by atoms with Crippen LogP contribution in [0.3, 0.4) is 0 Å². The number of carboxylic acid groups (broad SMARTS) is 1. The van der Waals surface area contributed by atoms with Crippen LogP contribution >= 0.6 is 0 Å². The van der Waals surface area contributed by atoms with E-state index in [1.165, 1.54) is 31.2 Å². The van der Waals surface area contributed by atoms with Gasteiger partial charge in [-0.2, -0.15) is 0 Å². The van der Waals surface area contributed by atoms with E-state index in [1.807, 2.05) is 13.8 Å². The van der Waals surface area contributed by atoms with Gasteiger partial charge in [0.2, 0.25) is 0 Å². The predicted molar refractivity (Wildman–Crippen MR) is 85.4 cm³/mol. The Balaban J connectivity index is 1.78. The highest BCUT2D eigenvalue weighted by atomic mass is 16.4. The molecular formula is C18H27NO2. The summed E-state index contributed by atoms with van der Waals surface area (Å²) in [6.45, 7) is 4.74. The van der Waals surface area contributed by atoms with Crippen molar-refractivity contribution in [3.8, 4) is 0 Å². The minimum atomic E-state index is -0.733. The summed E-state index contributed by atoms with van der Waals surface area (Å²) in [7, 11) is 0. The number of benzene rings is 1. The van der Waals surface area contributed by atoms with Crippen LogP contribution in [0.25, 0.3) is 0 Å². The Hall–Kier alpha value is -1.35. The van der Waals surface area contributed by atoms with Crippen molar-refractivity contribution < 1.29 is 9.90 Å². The summed E-state index contributed by atoms with van der Waals surface area (Å²) in [6.07, 6.45) is 4.82. The summed E-state index contributed by atoms with van der Waals surface area (Å²) in [5.74, 6) is 0.694. The average molecular weight is 289 g/mol. The summed E-state index contributed by atoms with van der Waals surface area (Å²) in [5, 5.41) is 12.4. The van der Waals surface area contributed by atoms with Crippen molar-refractivity contribution in [3.05, 3.63) is 35.9 Å². The Bertz CT molecular complexity index is 436. The minimum absolute atomic E-state index is 0.128. The molecule has 21 heavy (non-hydrogen) atoms. The molecule has 0 radical (unpaired) electrons. The molecule has 1 atom stereocenters. The summed E-state index contributed by atoms with van der Waals surface area (Å²) >= 11 is 0. The van der Waals surface area contributed by atoms with Crippen LogP contribution in [-0.4, -0.2) is 23.7 Å². The van der Waals surface area contributed by atoms with Gasteiger partial charge in [0.1, 0.15) is 6.04 Å². The first-order chi connectivity index (χ1) is 10.1. The molecule has 1 aliphatic carbocycles. The maximum atomic E-state index is 11.2. The Morgan fingerprint density at radius 2 is 1.81 bits per heavy atom. The Labute approximate surface area is 127 Å². The van der Waals surface area contributed by atoms with Crippen LogP contribution in [0.4, 0.5) is 0 Å². The van der Waals surface area contributed by atoms with E-state index in [2.05, 4.69) is 35.6 Å². The van der Waals surface area contributed by atoms with E-state index >= 15 is 0 Å². The Morgan fingerprint density at radius 3 is 2.33 bits per heavy atom. The highest BCUT2D eigenvalue weighted by molar-refractivity contribution is 5.73. The second-order valence-electron chi connectivity index (χ2n) is 6.60. The maximum Gasteiger partial charge on any atom is 0.320 e. The van der Waals surface area contributed by atoms with Crippen molar-refractivity contribution in [2.24, 2.45) is 11.8 Å². The molecule has 0 bridgehead atoms. The summed E-state index contributed by atoms with van der Waals surface area (Å²) in [6, 6.07) is 10.3. The van der Waals surface area contributed by atoms with E-state index in [-0.39, 0.29) is 5.92 Å². The second kappa shape index (κ2) is 7.60. The monoisotopic (exact) mass is 289 g/mol. The van der Waals surface area contributed by atoms with Gasteiger partial charge in [-0.3, -0.25) is 4.79 Å². The molecule has 2 N–H and O–H groups in total. The predicted octanol–water partition coefficient (Wildman–Crippen LogP) is 3.66. The molecule has 0 heterocycles. The smallest absolute Gasteiger partial charge is 0.320 e. The highest BCUT2D eigenvalue weighted by Gasteiger charge is 2.25. The summed E-state index contributed by atoms with van der Waals surface area (Å²) in [5.41, 5.74) is 1.45. The van der Waals surface area contributed by atoms with E-state index < -0.39 is 12.0 Å². The van der Waals surface area contributed by atoms with Gasteiger partial charge in [-0.15, -0.1) is 0 Å². The Kier molecular flexibility index (Phi) is 5.80. The number of hydrogen-bond acceptors (Lipinski definition) is 2. The number of rotatable bonds is 6. The summed E-state index contributed by atoms with van der Waals surface area (Å²) in [4.78, 5) is 11.2. The maximum absolute atomic E-state index is 11.2.